The fourth-order valence-corrected chi connectivity index (χ4v) is 3.24. The summed E-state index contributed by atoms with van der Waals surface area (Å²) in [5.41, 5.74) is 0.423. The molecule has 0 N–H and O–H groups in total. The fourth-order valence-electron chi connectivity index (χ4n) is 2.04. The molecule has 0 saturated carbocycles. The maximum atomic E-state index is 13.8. The fraction of sp³-hybridized carbons (Fsp3) is 0.250. The van der Waals surface area contributed by atoms with Gasteiger partial charge in [0, 0.05) is 13.1 Å². The van der Waals surface area contributed by atoms with Crippen LogP contribution in [0, 0.1) is 5.82 Å². The number of ether oxygens (including phenoxy) is 2. The molecule has 2 rings (SSSR count). The number of anilines is 1. The van der Waals surface area contributed by atoms with Gasteiger partial charge in [-0.2, -0.15) is 0 Å². The van der Waals surface area contributed by atoms with Gasteiger partial charge in [0.15, 0.2) is 11.6 Å². The summed E-state index contributed by atoms with van der Waals surface area (Å²) in [5.74, 6) is -0.178. The molecule has 0 unspecified atom stereocenters. The first-order valence-corrected chi connectivity index (χ1v) is 8.39. The largest absolute Gasteiger partial charge is 0.494 e. The zero-order valence-electron chi connectivity index (χ0n) is 13.1. The van der Waals surface area contributed by atoms with Crippen LogP contribution in [0.25, 0.3) is 0 Å². The Morgan fingerprint density at radius 3 is 2.52 bits per heavy atom. The highest BCUT2D eigenvalue weighted by Crippen LogP contribution is 2.27. The maximum Gasteiger partial charge on any atom is 0.264 e. The van der Waals surface area contributed by atoms with Crippen molar-refractivity contribution in [2.24, 2.45) is 0 Å². The molecule has 0 bridgehead atoms. The van der Waals surface area contributed by atoms with E-state index in [1.54, 1.807) is 24.3 Å². The van der Waals surface area contributed by atoms with E-state index in [4.69, 9.17) is 9.47 Å². The van der Waals surface area contributed by atoms with Gasteiger partial charge in [-0.25, -0.2) is 12.8 Å². The molecular weight excluding hydrogens is 321 g/mol. The van der Waals surface area contributed by atoms with Gasteiger partial charge in [-0.15, -0.1) is 0 Å². The molecule has 0 aliphatic rings. The number of nitrogens with zero attached hydrogens (tertiary/aromatic N) is 1. The van der Waals surface area contributed by atoms with E-state index in [0.717, 1.165) is 10.4 Å². The summed E-state index contributed by atoms with van der Waals surface area (Å²) in [6.07, 6.45) is 0. The quantitative estimate of drug-likeness (QED) is 0.812. The van der Waals surface area contributed by atoms with Crippen LogP contribution >= 0.6 is 0 Å². The molecular formula is C16H18FNO4S. The third kappa shape index (κ3) is 3.56. The lowest BCUT2D eigenvalue weighted by atomic mass is 10.3. The van der Waals surface area contributed by atoms with E-state index >= 15 is 0 Å². The minimum atomic E-state index is -3.89. The van der Waals surface area contributed by atoms with Crippen LogP contribution in [-0.4, -0.2) is 29.2 Å². The van der Waals surface area contributed by atoms with Gasteiger partial charge in [0.1, 0.15) is 5.75 Å². The van der Waals surface area contributed by atoms with E-state index in [9.17, 15) is 12.8 Å². The molecule has 0 saturated heterocycles. The molecule has 0 aliphatic carbocycles. The number of hydrogen-bond acceptors (Lipinski definition) is 4. The Kier molecular flexibility index (Phi) is 5.10. The minimum Gasteiger partial charge on any atom is -0.494 e. The van der Waals surface area contributed by atoms with Crippen LogP contribution in [-0.2, 0) is 10.0 Å². The Morgan fingerprint density at radius 2 is 1.91 bits per heavy atom. The lowest BCUT2D eigenvalue weighted by molar-refractivity contribution is 0.340. The molecule has 2 aromatic carbocycles. The molecule has 23 heavy (non-hydrogen) atoms. The zero-order chi connectivity index (χ0) is 17.0. The maximum absolute atomic E-state index is 13.8. The van der Waals surface area contributed by atoms with Crippen LogP contribution in [0.3, 0.4) is 0 Å². The molecule has 0 radical (unpaired) electrons. The van der Waals surface area contributed by atoms with Gasteiger partial charge in [-0.1, -0.05) is 6.07 Å². The van der Waals surface area contributed by atoms with Crippen LogP contribution in [0.15, 0.2) is 47.4 Å². The number of rotatable bonds is 6. The topological polar surface area (TPSA) is 55.8 Å². The number of halogens is 1. The van der Waals surface area contributed by atoms with Gasteiger partial charge in [-0.05, 0) is 37.3 Å². The Hall–Kier alpha value is -2.28. The van der Waals surface area contributed by atoms with Gasteiger partial charge in [0.05, 0.1) is 24.3 Å². The first-order chi connectivity index (χ1) is 10.9. The third-order valence-corrected chi connectivity index (χ3v) is 5.06. The smallest absolute Gasteiger partial charge is 0.264 e. The molecule has 7 heteroatoms. The monoisotopic (exact) mass is 339 g/mol. The molecule has 0 fully saturated rings. The second-order valence-electron chi connectivity index (χ2n) is 4.70. The van der Waals surface area contributed by atoms with Crippen LogP contribution in [0.5, 0.6) is 11.5 Å². The molecule has 0 aliphatic heterocycles. The van der Waals surface area contributed by atoms with Crippen molar-refractivity contribution < 1.29 is 22.3 Å². The average Bonchev–Trinajstić information content (AvgIpc) is 2.54. The normalized spacial score (nSPS) is 11.1. The van der Waals surface area contributed by atoms with Crippen LogP contribution < -0.4 is 13.8 Å². The third-order valence-electron chi connectivity index (χ3n) is 3.27. The van der Waals surface area contributed by atoms with Crippen LogP contribution in [0.1, 0.15) is 6.92 Å². The van der Waals surface area contributed by atoms with E-state index in [2.05, 4.69) is 0 Å². The first-order valence-electron chi connectivity index (χ1n) is 6.95. The van der Waals surface area contributed by atoms with Gasteiger partial charge >= 0.3 is 0 Å². The van der Waals surface area contributed by atoms with Crippen molar-refractivity contribution in [1.29, 1.82) is 0 Å². The second kappa shape index (κ2) is 6.87. The molecule has 124 valence electrons. The molecule has 0 aromatic heterocycles. The summed E-state index contributed by atoms with van der Waals surface area (Å²) in [4.78, 5) is -0.153. The SMILES string of the molecule is CCOc1cccc(N(C)S(=O)(=O)c2ccc(OC)c(F)c2)c1. The van der Waals surface area contributed by atoms with E-state index in [1.807, 2.05) is 6.92 Å². The van der Waals surface area contributed by atoms with Gasteiger partial charge < -0.3 is 9.47 Å². The van der Waals surface area contributed by atoms with E-state index < -0.39 is 15.8 Å². The number of hydrogen-bond donors (Lipinski definition) is 0. The lowest BCUT2D eigenvalue weighted by Crippen LogP contribution is -2.26. The van der Waals surface area contributed by atoms with Crippen molar-refractivity contribution in [3.8, 4) is 11.5 Å². The van der Waals surface area contributed by atoms with E-state index in [1.165, 1.54) is 26.3 Å². The number of methoxy groups -OCH3 is 1. The molecule has 2 aromatic rings. The van der Waals surface area contributed by atoms with E-state index in [-0.39, 0.29) is 10.6 Å². The molecule has 0 atom stereocenters. The molecule has 0 heterocycles. The summed E-state index contributed by atoms with van der Waals surface area (Å²) >= 11 is 0. The lowest BCUT2D eigenvalue weighted by Gasteiger charge is -2.20. The predicted octanol–water partition coefficient (Wildman–Crippen LogP) is 3.06. The van der Waals surface area contributed by atoms with Crippen molar-refractivity contribution in [2.75, 3.05) is 25.1 Å². The summed E-state index contributed by atoms with van der Waals surface area (Å²) in [6.45, 7) is 2.32. The number of benzene rings is 2. The Bertz CT molecular complexity index is 792. The summed E-state index contributed by atoms with van der Waals surface area (Å²) in [6, 6.07) is 10.2. The molecule has 5 nitrogen and oxygen atoms in total. The summed E-state index contributed by atoms with van der Waals surface area (Å²) in [7, 11) is -1.17. The standard InChI is InChI=1S/C16H18FNO4S/c1-4-22-13-7-5-6-12(10-13)18(2)23(19,20)14-8-9-16(21-3)15(17)11-14/h5-11H,4H2,1-3H3. The van der Waals surface area contributed by atoms with Crippen molar-refractivity contribution in [2.45, 2.75) is 11.8 Å². The van der Waals surface area contributed by atoms with Crippen LogP contribution in [0.2, 0.25) is 0 Å². The molecule has 0 amide bonds. The average molecular weight is 339 g/mol. The molecule has 0 spiro atoms. The van der Waals surface area contributed by atoms with Crippen molar-refractivity contribution in [3.63, 3.8) is 0 Å². The van der Waals surface area contributed by atoms with Crippen molar-refractivity contribution in [1.82, 2.24) is 0 Å². The summed E-state index contributed by atoms with van der Waals surface area (Å²) < 4.78 is 50.3. The Balaban J connectivity index is 2.38. The van der Waals surface area contributed by atoms with E-state index in [0.29, 0.717) is 18.0 Å². The van der Waals surface area contributed by atoms with Crippen molar-refractivity contribution in [3.05, 3.63) is 48.3 Å². The zero-order valence-corrected chi connectivity index (χ0v) is 13.9. The Labute approximate surface area is 135 Å². The summed E-state index contributed by atoms with van der Waals surface area (Å²) in [5, 5.41) is 0. The first kappa shape index (κ1) is 17.1. The second-order valence-corrected chi connectivity index (χ2v) is 6.67. The van der Waals surface area contributed by atoms with Gasteiger partial charge in [0.25, 0.3) is 10.0 Å². The highest BCUT2D eigenvalue weighted by Gasteiger charge is 2.23. The predicted molar refractivity (Wildman–Crippen MR) is 86.2 cm³/mol. The number of sulfonamides is 1. The van der Waals surface area contributed by atoms with Crippen molar-refractivity contribution >= 4 is 15.7 Å². The highest BCUT2D eigenvalue weighted by atomic mass is 32.2. The van der Waals surface area contributed by atoms with Gasteiger partial charge in [0.2, 0.25) is 0 Å². The van der Waals surface area contributed by atoms with Gasteiger partial charge in [-0.3, -0.25) is 4.31 Å². The minimum absolute atomic E-state index is 0.00931. The van der Waals surface area contributed by atoms with Crippen LogP contribution in [0.4, 0.5) is 10.1 Å². The Morgan fingerprint density at radius 1 is 1.17 bits per heavy atom. The highest BCUT2D eigenvalue weighted by molar-refractivity contribution is 7.92.